The highest BCUT2D eigenvalue weighted by molar-refractivity contribution is 6.30. The summed E-state index contributed by atoms with van der Waals surface area (Å²) in [6.45, 7) is 0.0138. The van der Waals surface area contributed by atoms with Crippen LogP contribution >= 0.6 is 11.6 Å². The molecule has 0 amide bonds. The number of benzene rings is 2. The van der Waals surface area contributed by atoms with Crippen LogP contribution in [0.4, 0.5) is 8.78 Å². The van der Waals surface area contributed by atoms with Crippen LogP contribution in [-0.2, 0) is 6.61 Å². The van der Waals surface area contributed by atoms with E-state index in [-0.39, 0.29) is 17.4 Å². The molecule has 0 saturated heterocycles. The molecule has 0 unspecified atom stereocenters. The highest BCUT2D eigenvalue weighted by Crippen LogP contribution is 2.20. The van der Waals surface area contributed by atoms with Gasteiger partial charge in [-0.25, -0.2) is 13.6 Å². The van der Waals surface area contributed by atoms with E-state index in [1.165, 1.54) is 18.2 Å². The SMILES string of the molecule is O=C(O)c1ccc(OCc2ccc(Cl)c(F)c2)cc1F. The van der Waals surface area contributed by atoms with Gasteiger partial charge in [-0.05, 0) is 29.8 Å². The molecule has 0 fully saturated rings. The number of hydrogen-bond donors (Lipinski definition) is 1. The molecule has 0 spiro atoms. The Morgan fingerprint density at radius 2 is 1.90 bits per heavy atom. The van der Waals surface area contributed by atoms with Crippen LogP contribution in [0.25, 0.3) is 0 Å². The monoisotopic (exact) mass is 298 g/mol. The lowest BCUT2D eigenvalue weighted by Gasteiger charge is -2.07. The van der Waals surface area contributed by atoms with Gasteiger partial charge in [0.25, 0.3) is 0 Å². The lowest BCUT2D eigenvalue weighted by Crippen LogP contribution is -2.02. The molecule has 2 rings (SSSR count). The molecule has 0 bridgehead atoms. The highest BCUT2D eigenvalue weighted by Gasteiger charge is 2.11. The molecule has 0 radical (unpaired) electrons. The van der Waals surface area contributed by atoms with E-state index in [4.69, 9.17) is 21.4 Å². The second-order valence-electron chi connectivity index (χ2n) is 3.98. The molecule has 0 aliphatic rings. The standard InChI is InChI=1S/C14H9ClF2O3/c15-11-4-1-8(5-13(11)17)7-20-9-2-3-10(14(18)19)12(16)6-9/h1-6H,7H2,(H,18,19). The maximum atomic E-state index is 13.4. The Bertz CT molecular complexity index is 659. The molecule has 3 nitrogen and oxygen atoms in total. The van der Waals surface area contributed by atoms with Gasteiger partial charge in [0.15, 0.2) is 0 Å². The largest absolute Gasteiger partial charge is 0.489 e. The normalized spacial score (nSPS) is 10.3. The second-order valence-corrected chi connectivity index (χ2v) is 4.39. The number of hydrogen-bond acceptors (Lipinski definition) is 2. The molecular formula is C14H9ClF2O3. The van der Waals surface area contributed by atoms with Crippen LogP contribution in [-0.4, -0.2) is 11.1 Å². The van der Waals surface area contributed by atoms with Gasteiger partial charge in [0.2, 0.25) is 0 Å². The first-order valence-electron chi connectivity index (χ1n) is 5.57. The van der Waals surface area contributed by atoms with Crippen molar-refractivity contribution in [1.82, 2.24) is 0 Å². The molecule has 2 aromatic carbocycles. The van der Waals surface area contributed by atoms with Gasteiger partial charge in [0.1, 0.15) is 24.0 Å². The first kappa shape index (κ1) is 14.3. The molecule has 0 aromatic heterocycles. The van der Waals surface area contributed by atoms with E-state index in [1.54, 1.807) is 6.07 Å². The van der Waals surface area contributed by atoms with Crippen LogP contribution in [0, 0.1) is 11.6 Å². The number of ether oxygens (including phenoxy) is 1. The van der Waals surface area contributed by atoms with Crippen LogP contribution < -0.4 is 4.74 Å². The summed E-state index contributed by atoms with van der Waals surface area (Å²) in [6, 6.07) is 7.59. The van der Waals surface area contributed by atoms with Crippen molar-refractivity contribution in [2.45, 2.75) is 6.61 Å². The van der Waals surface area contributed by atoms with Crippen molar-refractivity contribution in [3.05, 3.63) is 64.2 Å². The fourth-order valence-corrected chi connectivity index (χ4v) is 1.67. The minimum Gasteiger partial charge on any atom is -0.489 e. The van der Waals surface area contributed by atoms with Gasteiger partial charge in [-0.15, -0.1) is 0 Å². The van der Waals surface area contributed by atoms with Crippen molar-refractivity contribution >= 4 is 17.6 Å². The molecule has 104 valence electrons. The Labute approximate surface area is 118 Å². The number of carbonyl (C=O) groups is 1. The number of halogens is 3. The quantitative estimate of drug-likeness (QED) is 0.931. The minimum absolute atomic E-state index is 0.00519. The van der Waals surface area contributed by atoms with Crippen LogP contribution in [0.5, 0.6) is 5.75 Å². The van der Waals surface area contributed by atoms with Crippen molar-refractivity contribution in [3.63, 3.8) is 0 Å². The number of carboxylic acid groups (broad SMARTS) is 1. The molecule has 1 N–H and O–H groups in total. The van der Waals surface area contributed by atoms with E-state index in [0.717, 1.165) is 12.1 Å². The number of carboxylic acids is 1. The third-order valence-corrected chi connectivity index (χ3v) is 2.87. The average Bonchev–Trinajstić information content (AvgIpc) is 2.40. The summed E-state index contributed by atoms with van der Waals surface area (Å²) in [6.07, 6.45) is 0. The summed E-state index contributed by atoms with van der Waals surface area (Å²) in [5, 5.41) is 8.69. The van der Waals surface area contributed by atoms with Crippen LogP contribution in [0.15, 0.2) is 36.4 Å². The van der Waals surface area contributed by atoms with Crippen molar-refractivity contribution in [3.8, 4) is 5.75 Å². The Morgan fingerprint density at radius 3 is 2.50 bits per heavy atom. The Balaban J connectivity index is 2.09. The van der Waals surface area contributed by atoms with Gasteiger partial charge >= 0.3 is 5.97 Å². The molecule has 20 heavy (non-hydrogen) atoms. The van der Waals surface area contributed by atoms with Crippen molar-refractivity contribution < 1.29 is 23.4 Å². The van der Waals surface area contributed by atoms with Crippen molar-refractivity contribution in [1.29, 1.82) is 0 Å². The molecule has 0 atom stereocenters. The van der Waals surface area contributed by atoms with Gasteiger partial charge < -0.3 is 9.84 Å². The van der Waals surface area contributed by atoms with Crippen LogP contribution in [0.2, 0.25) is 5.02 Å². The maximum Gasteiger partial charge on any atom is 0.338 e. The smallest absolute Gasteiger partial charge is 0.338 e. The summed E-state index contributed by atoms with van der Waals surface area (Å²) >= 11 is 5.54. The maximum absolute atomic E-state index is 13.4. The Kier molecular flexibility index (Phi) is 4.20. The van der Waals surface area contributed by atoms with Gasteiger partial charge in [-0.1, -0.05) is 17.7 Å². The topological polar surface area (TPSA) is 46.5 Å². The van der Waals surface area contributed by atoms with Gasteiger partial charge in [0.05, 0.1) is 10.6 Å². The number of aromatic carboxylic acids is 1. The summed E-state index contributed by atoms with van der Waals surface area (Å²) in [5.74, 6) is -2.66. The highest BCUT2D eigenvalue weighted by atomic mass is 35.5. The Hall–Kier alpha value is -2.14. The van der Waals surface area contributed by atoms with E-state index in [1.807, 2.05) is 0 Å². The first-order valence-corrected chi connectivity index (χ1v) is 5.95. The zero-order chi connectivity index (χ0) is 14.7. The summed E-state index contributed by atoms with van der Waals surface area (Å²) in [5.41, 5.74) is 0.0875. The van der Waals surface area contributed by atoms with E-state index < -0.39 is 23.2 Å². The predicted molar refractivity (Wildman–Crippen MR) is 69.1 cm³/mol. The fraction of sp³-hybridized carbons (Fsp3) is 0.0714. The average molecular weight is 299 g/mol. The van der Waals surface area contributed by atoms with E-state index in [0.29, 0.717) is 5.56 Å². The van der Waals surface area contributed by atoms with E-state index >= 15 is 0 Å². The van der Waals surface area contributed by atoms with Crippen molar-refractivity contribution in [2.75, 3.05) is 0 Å². The summed E-state index contributed by atoms with van der Waals surface area (Å²) in [7, 11) is 0. The van der Waals surface area contributed by atoms with Gasteiger partial charge in [-0.2, -0.15) is 0 Å². The molecule has 0 aliphatic carbocycles. The number of rotatable bonds is 4. The molecule has 0 aliphatic heterocycles. The lowest BCUT2D eigenvalue weighted by atomic mass is 10.2. The first-order chi connectivity index (χ1) is 9.47. The van der Waals surface area contributed by atoms with Crippen LogP contribution in [0.3, 0.4) is 0 Å². The Morgan fingerprint density at radius 1 is 1.15 bits per heavy atom. The predicted octanol–water partition coefficient (Wildman–Crippen LogP) is 3.90. The molecule has 0 heterocycles. The third-order valence-electron chi connectivity index (χ3n) is 2.56. The van der Waals surface area contributed by atoms with E-state index in [2.05, 4.69) is 0 Å². The minimum atomic E-state index is -1.35. The zero-order valence-electron chi connectivity index (χ0n) is 10.1. The van der Waals surface area contributed by atoms with Gasteiger partial charge in [-0.3, -0.25) is 0 Å². The van der Waals surface area contributed by atoms with E-state index in [9.17, 15) is 13.6 Å². The molecule has 6 heteroatoms. The van der Waals surface area contributed by atoms with Crippen LogP contribution in [0.1, 0.15) is 15.9 Å². The van der Waals surface area contributed by atoms with Crippen molar-refractivity contribution in [2.24, 2.45) is 0 Å². The lowest BCUT2D eigenvalue weighted by molar-refractivity contribution is 0.0692. The second kappa shape index (κ2) is 5.88. The molecule has 2 aromatic rings. The summed E-state index contributed by atoms with van der Waals surface area (Å²) in [4.78, 5) is 10.6. The molecule has 0 saturated carbocycles. The summed E-state index contributed by atoms with van der Waals surface area (Å²) < 4.78 is 31.9. The third kappa shape index (κ3) is 3.24. The molecular weight excluding hydrogens is 290 g/mol. The fourth-order valence-electron chi connectivity index (χ4n) is 1.56. The van der Waals surface area contributed by atoms with Gasteiger partial charge in [0, 0.05) is 6.07 Å². The zero-order valence-corrected chi connectivity index (χ0v) is 10.8.